The van der Waals surface area contributed by atoms with Gasteiger partial charge < -0.3 is 15.7 Å². The third-order valence-electron chi connectivity index (χ3n) is 3.91. The molecule has 0 unspecified atom stereocenters. The molecule has 0 aliphatic heterocycles. The number of amides is 2. The fraction of sp³-hybridized carbons (Fsp3) is 0.857. The van der Waals surface area contributed by atoms with Crippen LogP contribution in [0, 0.1) is 17.8 Å². The van der Waals surface area contributed by atoms with E-state index in [9.17, 15) is 9.59 Å². The number of carbonyl (C=O) groups excluding carboxylic acids is 1. The van der Waals surface area contributed by atoms with Crippen LogP contribution in [-0.2, 0) is 4.79 Å². The summed E-state index contributed by atoms with van der Waals surface area (Å²) in [5.41, 5.74) is 0. The summed E-state index contributed by atoms with van der Waals surface area (Å²) < 4.78 is 0. The van der Waals surface area contributed by atoms with Crippen LogP contribution < -0.4 is 10.6 Å². The topological polar surface area (TPSA) is 78.4 Å². The molecule has 5 nitrogen and oxygen atoms in total. The summed E-state index contributed by atoms with van der Waals surface area (Å²) in [4.78, 5) is 22.7. The van der Waals surface area contributed by atoms with Gasteiger partial charge in [0.15, 0.2) is 0 Å². The maximum Gasteiger partial charge on any atom is 0.326 e. The average Bonchev–Trinajstić information content (AvgIpc) is 2.34. The second kappa shape index (κ2) is 7.36. The number of aliphatic carboxylic acids is 1. The van der Waals surface area contributed by atoms with Crippen LogP contribution in [0.2, 0.25) is 0 Å². The van der Waals surface area contributed by atoms with Crippen LogP contribution >= 0.6 is 0 Å². The molecule has 0 bridgehead atoms. The molecule has 19 heavy (non-hydrogen) atoms. The van der Waals surface area contributed by atoms with Gasteiger partial charge in [0.1, 0.15) is 6.04 Å². The lowest BCUT2D eigenvalue weighted by molar-refractivity contribution is -0.140. The number of carbonyl (C=O) groups is 2. The van der Waals surface area contributed by atoms with E-state index in [-0.39, 0.29) is 11.9 Å². The van der Waals surface area contributed by atoms with E-state index in [0.29, 0.717) is 12.5 Å². The molecule has 0 aromatic carbocycles. The van der Waals surface area contributed by atoms with Gasteiger partial charge in [-0.1, -0.05) is 33.6 Å². The van der Waals surface area contributed by atoms with Crippen molar-refractivity contribution < 1.29 is 14.7 Å². The van der Waals surface area contributed by atoms with Gasteiger partial charge >= 0.3 is 12.0 Å². The Bertz CT molecular complexity index is 310. The number of carboxylic acid groups (broad SMARTS) is 1. The minimum atomic E-state index is -0.989. The first kappa shape index (κ1) is 15.8. The van der Waals surface area contributed by atoms with Crippen molar-refractivity contribution in [3.63, 3.8) is 0 Å². The van der Waals surface area contributed by atoms with E-state index in [1.165, 1.54) is 12.8 Å². The van der Waals surface area contributed by atoms with E-state index in [2.05, 4.69) is 17.6 Å². The zero-order valence-electron chi connectivity index (χ0n) is 12.1. The first-order valence-corrected chi connectivity index (χ1v) is 7.17. The maximum atomic E-state index is 11.7. The van der Waals surface area contributed by atoms with Gasteiger partial charge in [0.25, 0.3) is 0 Å². The van der Waals surface area contributed by atoms with Crippen LogP contribution in [0.1, 0.15) is 46.5 Å². The molecule has 110 valence electrons. The van der Waals surface area contributed by atoms with Crippen molar-refractivity contribution in [1.82, 2.24) is 10.6 Å². The zero-order chi connectivity index (χ0) is 14.4. The normalized spacial score (nSPS) is 24.8. The molecule has 3 N–H and O–H groups in total. The average molecular weight is 270 g/mol. The van der Waals surface area contributed by atoms with Crippen molar-refractivity contribution in [3.8, 4) is 0 Å². The number of nitrogens with one attached hydrogen (secondary N) is 2. The molecule has 1 rings (SSSR count). The van der Waals surface area contributed by atoms with Crippen LogP contribution in [0.25, 0.3) is 0 Å². The SMILES string of the molecule is CC1CCC(CNC(=O)N[C@H](C(=O)O)C(C)C)CC1. The smallest absolute Gasteiger partial charge is 0.326 e. The van der Waals surface area contributed by atoms with Crippen LogP contribution in [0.3, 0.4) is 0 Å². The first-order chi connectivity index (χ1) is 8.90. The van der Waals surface area contributed by atoms with Gasteiger partial charge in [-0.25, -0.2) is 9.59 Å². The van der Waals surface area contributed by atoms with E-state index in [4.69, 9.17) is 5.11 Å². The molecule has 2 amide bonds. The molecule has 1 aliphatic rings. The maximum absolute atomic E-state index is 11.7. The first-order valence-electron chi connectivity index (χ1n) is 7.17. The lowest BCUT2D eigenvalue weighted by Crippen LogP contribution is -2.49. The van der Waals surface area contributed by atoms with E-state index >= 15 is 0 Å². The van der Waals surface area contributed by atoms with E-state index in [0.717, 1.165) is 18.8 Å². The Balaban J connectivity index is 2.29. The lowest BCUT2D eigenvalue weighted by atomic mass is 9.83. The van der Waals surface area contributed by atoms with Gasteiger partial charge in [-0.05, 0) is 30.6 Å². The minimum Gasteiger partial charge on any atom is -0.480 e. The fourth-order valence-electron chi connectivity index (χ4n) is 2.48. The highest BCUT2D eigenvalue weighted by molar-refractivity contribution is 5.82. The molecule has 0 heterocycles. The van der Waals surface area contributed by atoms with Crippen LogP contribution in [0.5, 0.6) is 0 Å². The number of rotatable bonds is 5. The van der Waals surface area contributed by atoms with E-state index in [1.807, 2.05) is 0 Å². The second-order valence-electron chi connectivity index (χ2n) is 6.04. The summed E-state index contributed by atoms with van der Waals surface area (Å²) in [7, 11) is 0. The van der Waals surface area contributed by atoms with Crippen molar-refractivity contribution in [2.24, 2.45) is 17.8 Å². The van der Waals surface area contributed by atoms with Crippen molar-refractivity contribution in [2.75, 3.05) is 6.54 Å². The Morgan fingerprint density at radius 2 is 1.79 bits per heavy atom. The van der Waals surface area contributed by atoms with Gasteiger partial charge in [0, 0.05) is 6.54 Å². The Morgan fingerprint density at radius 3 is 2.26 bits per heavy atom. The largest absolute Gasteiger partial charge is 0.480 e. The highest BCUT2D eigenvalue weighted by atomic mass is 16.4. The predicted molar refractivity (Wildman–Crippen MR) is 73.9 cm³/mol. The van der Waals surface area contributed by atoms with Crippen molar-refractivity contribution >= 4 is 12.0 Å². The van der Waals surface area contributed by atoms with Crippen LogP contribution in [0.15, 0.2) is 0 Å². The Kier molecular flexibility index (Phi) is 6.12. The molecule has 1 aliphatic carbocycles. The van der Waals surface area contributed by atoms with Crippen molar-refractivity contribution in [1.29, 1.82) is 0 Å². The molecule has 0 spiro atoms. The molecule has 0 aromatic rings. The third-order valence-corrected chi connectivity index (χ3v) is 3.91. The van der Waals surface area contributed by atoms with E-state index in [1.54, 1.807) is 13.8 Å². The van der Waals surface area contributed by atoms with Crippen LogP contribution in [0.4, 0.5) is 4.79 Å². The summed E-state index contributed by atoms with van der Waals surface area (Å²) in [6.45, 7) is 6.46. The number of hydrogen-bond acceptors (Lipinski definition) is 2. The van der Waals surface area contributed by atoms with Gasteiger partial charge in [0.05, 0.1) is 0 Å². The monoisotopic (exact) mass is 270 g/mol. The summed E-state index contributed by atoms with van der Waals surface area (Å²) in [5.74, 6) is 0.210. The number of urea groups is 1. The molecule has 0 saturated heterocycles. The Morgan fingerprint density at radius 1 is 1.21 bits per heavy atom. The second-order valence-corrected chi connectivity index (χ2v) is 6.04. The van der Waals surface area contributed by atoms with E-state index < -0.39 is 12.0 Å². The molecule has 1 fully saturated rings. The Hall–Kier alpha value is -1.26. The van der Waals surface area contributed by atoms with Crippen LogP contribution in [-0.4, -0.2) is 29.7 Å². The summed E-state index contributed by atoms with van der Waals surface area (Å²) in [5, 5.41) is 14.3. The quantitative estimate of drug-likeness (QED) is 0.716. The van der Waals surface area contributed by atoms with Crippen molar-refractivity contribution in [3.05, 3.63) is 0 Å². The molecule has 1 saturated carbocycles. The predicted octanol–water partition coefficient (Wildman–Crippen LogP) is 2.22. The third kappa shape index (κ3) is 5.49. The highest BCUT2D eigenvalue weighted by Gasteiger charge is 2.24. The van der Waals surface area contributed by atoms with Gasteiger partial charge in [0.2, 0.25) is 0 Å². The summed E-state index contributed by atoms with van der Waals surface area (Å²) >= 11 is 0. The number of carboxylic acids is 1. The van der Waals surface area contributed by atoms with Gasteiger partial charge in [-0.3, -0.25) is 0 Å². The molecule has 1 atom stereocenters. The van der Waals surface area contributed by atoms with Gasteiger partial charge in [-0.2, -0.15) is 0 Å². The number of hydrogen-bond donors (Lipinski definition) is 3. The fourth-order valence-corrected chi connectivity index (χ4v) is 2.48. The molecular weight excluding hydrogens is 244 g/mol. The van der Waals surface area contributed by atoms with Crippen molar-refractivity contribution in [2.45, 2.75) is 52.5 Å². The molecule has 5 heteroatoms. The Labute approximate surface area is 115 Å². The minimum absolute atomic E-state index is 0.126. The summed E-state index contributed by atoms with van der Waals surface area (Å²) in [6, 6.07) is -1.20. The lowest BCUT2D eigenvalue weighted by Gasteiger charge is -2.26. The van der Waals surface area contributed by atoms with Gasteiger partial charge in [-0.15, -0.1) is 0 Å². The molecule has 0 radical (unpaired) electrons. The molecule has 0 aromatic heterocycles. The zero-order valence-corrected chi connectivity index (χ0v) is 12.1. The highest BCUT2D eigenvalue weighted by Crippen LogP contribution is 2.27. The standard InChI is InChI=1S/C14H26N2O3/c1-9(2)12(13(17)18)16-14(19)15-8-11-6-4-10(3)5-7-11/h9-12H,4-8H2,1-3H3,(H,17,18)(H2,15,16,19)/t10?,11?,12-/m0/s1. The summed E-state index contributed by atoms with van der Waals surface area (Å²) in [6.07, 6.45) is 4.73. The molecular formula is C14H26N2O3.